The highest BCUT2D eigenvalue weighted by atomic mass is 19.1. The fraction of sp³-hybridized carbons (Fsp3) is 0.198. The lowest BCUT2D eigenvalue weighted by Gasteiger charge is -2.21. The summed E-state index contributed by atoms with van der Waals surface area (Å²) >= 11 is 0. The van der Waals surface area contributed by atoms with Crippen molar-refractivity contribution in [2.45, 2.75) is 91.8 Å². The number of hydrogen-bond acceptors (Lipinski definition) is 23. The van der Waals surface area contributed by atoms with E-state index < -0.39 is 128 Å². The topological polar surface area (TPSA) is 485 Å². The minimum Gasteiger partial charge on any atom is -0.496 e. The van der Waals surface area contributed by atoms with Crippen LogP contribution in [0.3, 0.4) is 0 Å². The van der Waals surface area contributed by atoms with Gasteiger partial charge in [-0.05, 0) is 180 Å². The van der Waals surface area contributed by atoms with E-state index in [1.165, 1.54) is 112 Å². The Morgan fingerprint density at radius 1 is 0.394 bits per heavy atom. The minimum atomic E-state index is -1.06. The molecule has 36 heteroatoms. The molecule has 0 aliphatic rings. The van der Waals surface area contributed by atoms with Crippen LogP contribution in [0.1, 0.15) is 158 Å². The normalized spacial score (nSPS) is 11.0. The van der Waals surface area contributed by atoms with Gasteiger partial charge < -0.3 is 107 Å². The van der Waals surface area contributed by atoms with E-state index >= 15 is 14.4 Å². The fourth-order valence-electron chi connectivity index (χ4n) is 14.4. The van der Waals surface area contributed by atoms with Gasteiger partial charge in [-0.15, -0.1) is 0 Å². The number of hydrogen-bond donors (Lipinski definition) is 14. The van der Waals surface area contributed by atoms with Crippen molar-refractivity contribution in [3.8, 4) is 34.5 Å². The summed E-state index contributed by atoms with van der Waals surface area (Å²) in [4.78, 5) is 179. The average Bonchev–Trinajstić information content (AvgIpc) is 0.973. The van der Waals surface area contributed by atoms with Crippen molar-refractivity contribution in [3.05, 3.63) is 333 Å². The first-order valence-electron chi connectivity index (χ1n) is 45.0. The SMILES string of the molecule is CCC(C)C(=O)Nc1cc(C(=O)OC)cc(OCc2ccc3ccccc3c2)c1NC(=O)c1cc(NC(=O)CCCCN)c(NC(=O)c2ccc(C(=O)CNC(=O)c3cc(NC(=O)CCO)c(NC(=O)c4cc(NC(=O)CCO)c(NC(=O)c5ccc(NC(=O)Cc6c[nH]cn6)c(OCc6ccccc6)c5)c(OCc5ccc(F)cc5)c4)c(OCc4ccc(F)cc4)c3)c(OC)c2)c(OCc2ccccc2)c1. The van der Waals surface area contributed by atoms with Gasteiger partial charge in [0.25, 0.3) is 29.5 Å². The van der Waals surface area contributed by atoms with Gasteiger partial charge in [-0.1, -0.05) is 135 Å². The molecule has 142 heavy (non-hydrogen) atoms. The molecule has 0 aliphatic heterocycles. The summed E-state index contributed by atoms with van der Waals surface area (Å²) in [6.07, 6.45) is 2.96. The van der Waals surface area contributed by atoms with Crippen LogP contribution in [0.25, 0.3) is 10.8 Å². The number of esters is 1. The Morgan fingerprint density at radius 3 is 1.27 bits per heavy atom. The molecule has 0 saturated heterocycles. The number of anilines is 9. The highest BCUT2D eigenvalue weighted by molar-refractivity contribution is 6.17. The maximum atomic E-state index is 15.4. The molecule has 10 amide bonds. The molecular weight excluding hydrogens is 1830 g/mol. The smallest absolute Gasteiger partial charge is 0.338 e. The lowest BCUT2D eigenvalue weighted by molar-refractivity contribution is -0.119. The van der Waals surface area contributed by atoms with Crippen LogP contribution >= 0.6 is 0 Å². The van der Waals surface area contributed by atoms with Crippen molar-refractivity contribution in [2.24, 2.45) is 11.7 Å². The van der Waals surface area contributed by atoms with E-state index in [9.17, 15) is 62.1 Å². The summed E-state index contributed by atoms with van der Waals surface area (Å²) < 4.78 is 71.6. The molecule has 15 N–H and O–H groups in total. The quantitative estimate of drug-likeness (QED) is 0.00957. The molecular formula is C106H101F2N13O21. The molecule has 12 aromatic carbocycles. The van der Waals surface area contributed by atoms with E-state index in [4.69, 9.17) is 38.9 Å². The van der Waals surface area contributed by atoms with Crippen LogP contribution in [0.4, 0.5) is 60.0 Å². The van der Waals surface area contributed by atoms with Crippen LogP contribution in [0, 0.1) is 17.6 Å². The third kappa shape index (κ3) is 27.9. The van der Waals surface area contributed by atoms with Gasteiger partial charge in [0.2, 0.25) is 29.5 Å². The number of aromatic nitrogens is 2. The standard InChI is InChI=1S/C106H101F2N13O21/c1-5-62(2)100(129)117-84-46-75(106(135)137-4)52-91(142-60-67-23-28-68-20-12-13-21-69(68)42-67)99(84)121-105(134)73-44-82(114-92(125)22-14-15-39-109)96(89(50-73)139-57-64-18-10-7-11-19-64)118-102(131)70-29-35-79(86(47-70)136-3)85(124)55-111-101(130)72-43-81(115-93(126)37-40-122)98(88(49-72)140-58-65-24-31-76(107)32-25-65)120-104(133)74-45-83(116-94(127)38-41-123)97(90(51-74)141-59-66-26-33-77(108)34-27-66)119-103(132)71-30-36-80(113-95(128)53-78-54-110-61-112-78)87(48-71)138-56-63-16-8-6-9-17-63/h6-13,16-21,23-36,42-52,54,61-62,122-123H,5,14-15,22,37-41,53,55-60,109H2,1-4H3,(H,110,112)(H,111,130)(H,113,128)(H,114,125)(H,115,126)(H,116,127)(H,117,129)(H,118,131)(H,119,132)(H,120,133)(H,121,134). The van der Waals surface area contributed by atoms with Crippen LogP contribution in [0.2, 0.25) is 0 Å². The van der Waals surface area contributed by atoms with E-state index in [1.807, 2.05) is 55.5 Å². The molecule has 0 bridgehead atoms. The summed E-state index contributed by atoms with van der Waals surface area (Å²) in [5.74, 6) is -12.1. The molecule has 13 aromatic rings. The Labute approximate surface area is 813 Å². The van der Waals surface area contributed by atoms with Crippen molar-refractivity contribution in [3.63, 3.8) is 0 Å². The molecule has 1 unspecified atom stereocenters. The molecule has 1 atom stereocenters. The van der Waals surface area contributed by atoms with Gasteiger partial charge in [0.05, 0.1) is 105 Å². The predicted molar refractivity (Wildman–Crippen MR) is 528 cm³/mol. The van der Waals surface area contributed by atoms with Crippen LogP contribution in [0.15, 0.2) is 249 Å². The molecule has 0 saturated carbocycles. The Bertz CT molecular complexity index is 6820. The molecule has 1 heterocycles. The van der Waals surface area contributed by atoms with Crippen LogP contribution in [-0.4, -0.2) is 132 Å². The zero-order valence-electron chi connectivity index (χ0n) is 77.5. The number of halogens is 2. The number of carbonyl (C=O) groups excluding carboxylic acids is 12. The second-order valence-corrected chi connectivity index (χ2v) is 32.4. The Kier molecular flexibility index (Phi) is 35.5. The number of methoxy groups -OCH3 is 2. The summed E-state index contributed by atoms with van der Waals surface area (Å²) in [6, 6.07) is 59.2. The number of nitrogens with two attached hydrogens (primary N) is 1. The maximum absolute atomic E-state index is 15.4. The Morgan fingerprint density at radius 2 is 0.803 bits per heavy atom. The van der Waals surface area contributed by atoms with Crippen molar-refractivity contribution < 1.29 is 110 Å². The van der Waals surface area contributed by atoms with E-state index in [2.05, 4.69) is 63.1 Å². The van der Waals surface area contributed by atoms with E-state index in [1.54, 1.807) is 67.7 Å². The van der Waals surface area contributed by atoms with Gasteiger partial charge in [0.1, 0.15) is 102 Å². The third-order valence-corrected chi connectivity index (χ3v) is 22.1. The van der Waals surface area contributed by atoms with Gasteiger partial charge in [0, 0.05) is 46.4 Å². The van der Waals surface area contributed by atoms with Gasteiger partial charge >= 0.3 is 5.97 Å². The highest BCUT2D eigenvalue weighted by Gasteiger charge is 2.31. The van der Waals surface area contributed by atoms with Crippen LogP contribution in [0.5, 0.6) is 34.5 Å². The molecule has 0 fully saturated rings. The summed E-state index contributed by atoms with van der Waals surface area (Å²) in [5, 5.41) is 49.4. The van der Waals surface area contributed by atoms with Crippen LogP contribution in [-0.2, 0) is 68.2 Å². The number of rotatable bonds is 46. The highest BCUT2D eigenvalue weighted by Crippen LogP contribution is 2.44. The van der Waals surface area contributed by atoms with Crippen molar-refractivity contribution in [1.82, 2.24) is 15.3 Å². The van der Waals surface area contributed by atoms with Gasteiger partial charge in [0.15, 0.2) is 5.78 Å². The Balaban J connectivity index is 0.804. The molecule has 13 rings (SSSR count). The zero-order valence-corrected chi connectivity index (χ0v) is 77.5. The lowest BCUT2D eigenvalue weighted by atomic mass is 10.0. The number of imidazole rings is 1. The van der Waals surface area contributed by atoms with Gasteiger partial charge in [-0.3, -0.25) is 52.7 Å². The first-order chi connectivity index (χ1) is 68.7. The molecule has 34 nitrogen and oxygen atoms in total. The number of H-pyrrole nitrogens is 1. The molecule has 0 spiro atoms. The minimum absolute atomic E-state index is 0.0123. The number of Topliss-reactive ketones (excluding diaryl/α,β-unsaturated/α-hetero) is 1. The fourth-order valence-corrected chi connectivity index (χ4v) is 14.4. The first-order valence-corrected chi connectivity index (χ1v) is 45.0. The van der Waals surface area contributed by atoms with E-state index in [0.29, 0.717) is 47.2 Å². The van der Waals surface area contributed by atoms with Crippen molar-refractivity contribution >= 4 is 133 Å². The number of fused-ring (bicyclic) bond motifs is 1. The number of nitrogens with zero attached hydrogens (tertiary/aromatic N) is 1. The summed E-state index contributed by atoms with van der Waals surface area (Å²) in [7, 11) is 2.40. The second kappa shape index (κ2) is 49.5. The number of aliphatic hydroxyl groups excluding tert-OH is 2. The summed E-state index contributed by atoms with van der Waals surface area (Å²) in [6.45, 7) is 0.606. The van der Waals surface area contributed by atoms with Gasteiger partial charge in [-0.2, -0.15) is 0 Å². The van der Waals surface area contributed by atoms with Gasteiger partial charge in [-0.25, -0.2) is 18.6 Å². The predicted octanol–water partition coefficient (Wildman–Crippen LogP) is 16.0. The Hall–Kier alpha value is -17.5. The van der Waals surface area contributed by atoms with E-state index in [-0.39, 0.29) is 170 Å². The summed E-state index contributed by atoms with van der Waals surface area (Å²) in [5.41, 5.74) is 6.37. The zero-order chi connectivity index (χ0) is 101. The number of ether oxygens (including phenoxy) is 7. The average molecular weight is 1930 g/mol. The first kappa shape index (κ1) is 102. The number of benzene rings is 12. The van der Waals surface area contributed by atoms with E-state index in [0.717, 1.165) is 58.8 Å². The van der Waals surface area contributed by atoms with Crippen molar-refractivity contribution in [1.29, 1.82) is 0 Å². The largest absolute Gasteiger partial charge is 0.496 e. The monoisotopic (exact) mass is 1930 g/mol. The molecule has 0 aliphatic carbocycles. The number of unbranched alkanes of at least 4 members (excludes halogenated alkanes) is 1. The number of aliphatic hydroxyl groups is 2. The van der Waals surface area contributed by atoms with Crippen LogP contribution < -0.4 is 87.3 Å². The molecule has 0 radical (unpaired) electrons. The lowest BCUT2D eigenvalue weighted by Crippen LogP contribution is -2.30. The van der Waals surface area contributed by atoms with Crippen molar-refractivity contribution in [2.75, 3.05) is 88.4 Å². The number of amides is 10. The molecule has 1 aromatic heterocycles. The number of carbonyl (C=O) groups is 12. The maximum Gasteiger partial charge on any atom is 0.338 e. The third-order valence-electron chi connectivity index (χ3n) is 22.1. The number of aromatic amines is 1. The number of nitrogens with one attached hydrogen (secondary N) is 11. The molecule has 730 valence electrons. The second-order valence-electron chi connectivity index (χ2n) is 32.4. The number of ketones is 1.